The molecule has 2 aliphatic carbocycles. The molecule has 1 aromatic carbocycles. The van der Waals surface area contributed by atoms with Gasteiger partial charge in [0.2, 0.25) is 0 Å². The van der Waals surface area contributed by atoms with E-state index in [0.29, 0.717) is 43.6 Å². The van der Waals surface area contributed by atoms with Gasteiger partial charge in [0.05, 0.1) is 11.2 Å². The molecule has 11 nitrogen and oxygen atoms in total. The second kappa shape index (κ2) is 24.8. The molecule has 6 N–H and O–H groups in total. The Morgan fingerprint density at radius 1 is 0.842 bits per heavy atom. The molecule has 57 heavy (non-hydrogen) atoms. The van der Waals surface area contributed by atoms with Crippen molar-refractivity contribution in [2.24, 2.45) is 17.8 Å². The summed E-state index contributed by atoms with van der Waals surface area (Å²) in [5, 5.41) is 36.0. The van der Waals surface area contributed by atoms with E-state index in [1.165, 1.54) is 38.5 Å². The molecule has 5 rings (SSSR count). The van der Waals surface area contributed by atoms with Crippen molar-refractivity contribution >= 4 is 23.7 Å². The zero-order valence-corrected chi connectivity index (χ0v) is 36.7. The summed E-state index contributed by atoms with van der Waals surface area (Å²) >= 11 is 6.31. The second-order valence-corrected chi connectivity index (χ2v) is 18.5. The number of unbranched alkanes of at least 4 members (excludes halogenated alkanes) is 1. The van der Waals surface area contributed by atoms with Crippen LogP contribution in [0.15, 0.2) is 24.3 Å². The molecule has 2 saturated carbocycles. The number of amides is 4. The van der Waals surface area contributed by atoms with E-state index >= 15 is 0 Å². The molecule has 4 fully saturated rings. The maximum atomic E-state index is 13.4. The lowest BCUT2D eigenvalue weighted by Crippen LogP contribution is -2.54. The summed E-state index contributed by atoms with van der Waals surface area (Å²) in [5.74, 6) is 1.24. The van der Waals surface area contributed by atoms with Crippen molar-refractivity contribution < 1.29 is 24.5 Å². The standard InChI is InChI=1S/C29H48ClN3O4.C16H31N3O/c1-28(35)14-11-22(12-15-28)18-26(20-31-2)32-27(34)33-16-7-9-24(21-33)29(36,13-4-5-17-37-3)23-8-6-10-25(30)19-23;1-17-13-15(12-14-8-4-2-5-9-14)18-16(20)19-10-6-3-7-11-19/h6,8,10,19,22,24,26,31,35-36H,4-5,7,9,11-18,20-21H2,1-3H3,(H,32,34);14-15,17H,2-13H2,1H3,(H,18,20)/t22-,24-,26+,28+,29-;15-/m10/s1. The summed E-state index contributed by atoms with van der Waals surface area (Å²) in [4.78, 5) is 29.6. The fourth-order valence-electron chi connectivity index (χ4n) is 9.81. The van der Waals surface area contributed by atoms with Crippen LogP contribution in [0.1, 0.15) is 134 Å². The molecule has 2 heterocycles. The Kier molecular flexibility index (Phi) is 20.7. The Morgan fingerprint density at radius 3 is 2.02 bits per heavy atom. The predicted octanol–water partition coefficient (Wildman–Crippen LogP) is 7.43. The molecule has 0 spiro atoms. The highest BCUT2D eigenvalue weighted by Gasteiger charge is 2.41. The van der Waals surface area contributed by atoms with Crippen molar-refractivity contribution in [2.45, 2.75) is 152 Å². The number of aliphatic hydroxyl groups is 2. The van der Waals surface area contributed by atoms with E-state index in [9.17, 15) is 19.8 Å². The topological polar surface area (TPSA) is 138 Å². The molecular weight excluding hydrogens is 740 g/mol. The number of likely N-dealkylation sites (N-methyl/N-ethyl adjacent to an activating group) is 2. The number of rotatable bonds is 17. The number of hydrogen-bond acceptors (Lipinski definition) is 7. The number of hydrogen-bond donors (Lipinski definition) is 6. The smallest absolute Gasteiger partial charge is 0.317 e. The van der Waals surface area contributed by atoms with E-state index in [2.05, 4.69) is 21.3 Å². The van der Waals surface area contributed by atoms with Crippen LogP contribution in [-0.2, 0) is 10.3 Å². The first-order chi connectivity index (χ1) is 27.5. The van der Waals surface area contributed by atoms with Gasteiger partial charge in [-0.3, -0.25) is 0 Å². The monoisotopic (exact) mass is 819 g/mol. The summed E-state index contributed by atoms with van der Waals surface area (Å²) in [7, 11) is 5.58. The number of piperidine rings is 2. The van der Waals surface area contributed by atoms with Crippen LogP contribution in [0.2, 0.25) is 5.02 Å². The van der Waals surface area contributed by atoms with Crippen LogP contribution < -0.4 is 21.3 Å². The lowest BCUT2D eigenvalue weighted by Gasteiger charge is -2.43. The predicted molar refractivity (Wildman–Crippen MR) is 232 cm³/mol. The summed E-state index contributed by atoms with van der Waals surface area (Å²) in [6, 6.07) is 7.95. The number of benzene rings is 1. The minimum atomic E-state index is -1.05. The number of nitrogens with zero attached hydrogens (tertiary/aromatic N) is 2. The normalized spacial score (nSPS) is 25.4. The van der Waals surface area contributed by atoms with E-state index in [-0.39, 0.29) is 30.1 Å². The van der Waals surface area contributed by atoms with Gasteiger partial charge in [-0.2, -0.15) is 0 Å². The van der Waals surface area contributed by atoms with E-state index < -0.39 is 11.2 Å². The molecule has 12 heteroatoms. The highest BCUT2D eigenvalue weighted by molar-refractivity contribution is 6.30. The molecule has 0 radical (unpaired) electrons. The van der Waals surface area contributed by atoms with Crippen molar-refractivity contribution in [3.05, 3.63) is 34.9 Å². The van der Waals surface area contributed by atoms with E-state index in [1.54, 1.807) is 7.11 Å². The first-order valence-electron chi connectivity index (χ1n) is 22.6. The first kappa shape index (κ1) is 47.5. The average molecular weight is 820 g/mol. The summed E-state index contributed by atoms with van der Waals surface area (Å²) < 4.78 is 5.22. The lowest BCUT2D eigenvalue weighted by molar-refractivity contribution is -0.0564. The van der Waals surface area contributed by atoms with Crippen molar-refractivity contribution in [1.29, 1.82) is 0 Å². The number of nitrogens with one attached hydrogen (secondary N) is 4. The van der Waals surface area contributed by atoms with Crippen molar-refractivity contribution in [3.8, 4) is 0 Å². The second-order valence-electron chi connectivity index (χ2n) is 18.0. The van der Waals surface area contributed by atoms with Gasteiger partial charge < -0.3 is 46.0 Å². The Labute approximate surface area is 350 Å². The molecule has 0 unspecified atom stereocenters. The first-order valence-corrected chi connectivity index (χ1v) is 22.9. The third-order valence-electron chi connectivity index (χ3n) is 13.2. The van der Waals surface area contributed by atoms with Crippen LogP contribution in [0.25, 0.3) is 0 Å². The Bertz CT molecular complexity index is 1300. The fraction of sp³-hybridized carbons (Fsp3) is 0.822. The van der Waals surface area contributed by atoms with Crippen molar-refractivity contribution in [1.82, 2.24) is 31.1 Å². The molecule has 0 aromatic heterocycles. The van der Waals surface area contributed by atoms with Crippen LogP contribution in [0.4, 0.5) is 9.59 Å². The molecule has 326 valence electrons. The van der Waals surface area contributed by atoms with E-state index in [0.717, 1.165) is 108 Å². The molecule has 4 aliphatic rings. The van der Waals surface area contributed by atoms with Gasteiger partial charge in [-0.1, -0.05) is 55.8 Å². The van der Waals surface area contributed by atoms with Crippen LogP contribution in [0.3, 0.4) is 0 Å². The summed E-state index contributed by atoms with van der Waals surface area (Å²) in [6.45, 7) is 7.25. The van der Waals surface area contributed by atoms with Crippen molar-refractivity contribution in [3.63, 3.8) is 0 Å². The van der Waals surface area contributed by atoms with Gasteiger partial charge in [-0.15, -0.1) is 0 Å². The van der Waals surface area contributed by atoms with Gasteiger partial charge in [0, 0.05) is 76.0 Å². The molecule has 1 aromatic rings. The zero-order chi connectivity index (χ0) is 41.1. The highest BCUT2D eigenvalue weighted by atomic mass is 35.5. The van der Waals surface area contributed by atoms with Gasteiger partial charge >= 0.3 is 12.1 Å². The molecule has 0 bridgehead atoms. The summed E-state index contributed by atoms with van der Waals surface area (Å²) in [5.41, 5.74) is -0.781. The highest BCUT2D eigenvalue weighted by Crippen LogP contribution is 2.41. The third kappa shape index (κ3) is 16.1. The summed E-state index contributed by atoms with van der Waals surface area (Å²) in [6.07, 6.45) is 20.1. The van der Waals surface area contributed by atoms with E-state index in [1.807, 2.05) is 55.1 Å². The number of urea groups is 2. The Morgan fingerprint density at radius 2 is 1.42 bits per heavy atom. The third-order valence-corrected chi connectivity index (χ3v) is 13.4. The quantitative estimate of drug-likeness (QED) is 0.0901. The maximum Gasteiger partial charge on any atom is 0.317 e. The molecule has 4 amide bonds. The number of halogens is 1. The molecule has 4 atom stereocenters. The number of methoxy groups -OCH3 is 1. The van der Waals surface area contributed by atoms with Crippen LogP contribution in [0, 0.1) is 17.8 Å². The zero-order valence-electron chi connectivity index (χ0n) is 36.0. The van der Waals surface area contributed by atoms with Gasteiger partial charge in [0.15, 0.2) is 0 Å². The lowest BCUT2D eigenvalue weighted by atomic mass is 9.74. The molecule has 2 saturated heterocycles. The minimum Gasteiger partial charge on any atom is -0.390 e. The van der Waals surface area contributed by atoms with Gasteiger partial charge in [0.25, 0.3) is 0 Å². The number of carbonyl (C=O) groups excluding carboxylic acids is 2. The van der Waals surface area contributed by atoms with Gasteiger partial charge in [-0.05, 0) is 140 Å². The average Bonchev–Trinajstić information content (AvgIpc) is 3.21. The molecule has 2 aliphatic heterocycles. The fourth-order valence-corrected chi connectivity index (χ4v) is 10.00. The maximum absolute atomic E-state index is 13.4. The number of carbonyl (C=O) groups is 2. The molecular formula is C45H79ClN6O5. The largest absolute Gasteiger partial charge is 0.390 e. The Balaban J connectivity index is 0.000000302. The van der Waals surface area contributed by atoms with Gasteiger partial charge in [0.1, 0.15) is 0 Å². The SMILES string of the molecule is CNC[C@H](CC1CCCCC1)NC(=O)N1CCCCC1.CNC[C@H](C[C@H]1CC[C@@](C)(O)CC1)NC(=O)N1CCC[C@@H]([C@@](O)(CCCCOC)c2cccc(Cl)c2)C1. The Hall–Kier alpha value is -2.15. The van der Waals surface area contributed by atoms with Gasteiger partial charge in [-0.25, -0.2) is 9.59 Å². The number of likely N-dealkylation sites (tertiary alicyclic amines) is 2. The van der Waals surface area contributed by atoms with Crippen LogP contribution >= 0.6 is 11.6 Å². The van der Waals surface area contributed by atoms with Crippen LogP contribution in [0.5, 0.6) is 0 Å². The van der Waals surface area contributed by atoms with E-state index in [4.69, 9.17) is 16.3 Å². The number of ether oxygens (including phenoxy) is 1. The minimum absolute atomic E-state index is 0.0341. The van der Waals surface area contributed by atoms with Crippen molar-refractivity contribution in [2.75, 3.05) is 67.1 Å². The van der Waals surface area contributed by atoms with Crippen LogP contribution in [-0.4, -0.2) is 117 Å².